The summed E-state index contributed by atoms with van der Waals surface area (Å²) in [5.74, 6) is -0.907. The van der Waals surface area contributed by atoms with Gasteiger partial charge in [-0.1, -0.05) is 48.0 Å². The Bertz CT molecular complexity index is 1460. The number of benzene rings is 3. The van der Waals surface area contributed by atoms with E-state index in [1.807, 2.05) is 30.3 Å². The largest absolute Gasteiger partial charge is 0.494 e. The summed E-state index contributed by atoms with van der Waals surface area (Å²) >= 11 is 6.13. The Labute approximate surface area is 219 Å². The molecule has 3 N–H and O–H groups in total. The van der Waals surface area contributed by atoms with Gasteiger partial charge in [0.05, 0.1) is 34.7 Å². The van der Waals surface area contributed by atoms with Crippen LogP contribution < -0.4 is 5.32 Å². The molecule has 1 aliphatic rings. The number of likely N-dealkylation sites (N-methyl/N-ethyl adjacent to an activating group) is 1. The number of H-pyrrole nitrogens is 1. The van der Waals surface area contributed by atoms with Crippen LogP contribution in [0.25, 0.3) is 10.9 Å². The van der Waals surface area contributed by atoms with Gasteiger partial charge in [-0.05, 0) is 31.3 Å². The van der Waals surface area contributed by atoms with Crippen LogP contribution in [-0.4, -0.2) is 71.3 Å². The monoisotopic (exact) mass is 519 g/mol. The van der Waals surface area contributed by atoms with E-state index in [1.54, 1.807) is 24.3 Å². The van der Waals surface area contributed by atoms with Crippen LogP contribution >= 0.6 is 11.6 Å². The minimum Gasteiger partial charge on any atom is -0.494 e. The summed E-state index contributed by atoms with van der Waals surface area (Å²) in [7, 11) is 2.05. The van der Waals surface area contributed by atoms with Crippen molar-refractivity contribution in [3.63, 3.8) is 0 Å². The number of anilines is 1. The molecule has 0 aliphatic carbocycles. The fraction of sp³-hybridized carbons (Fsp3) is 0.214. The third-order valence-electron chi connectivity index (χ3n) is 6.46. The fourth-order valence-electron chi connectivity index (χ4n) is 4.46. The lowest BCUT2D eigenvalue weighted by Gasteiger charge is -2.31. The van der Waals surface area contributed by atoms with Crippen LogP contribution in [0.4, 0.5) is 15.8 Å². The number of aromatic hydroxyl groups is 1. The maximum Gasteiger partial charge on any atom is 0.238 e. The fourth-order valence-corrected chi connectivity index (χ4v) is 4.63. The Kier molecular flexibility index (Phi) is 7.23. The highest BCUT2D eigenvalue weighted by Gasteiger charge is 2.20. The molecule has 1 aliphatic heterocycles. The van der Waals surface area contributed by atoms with E-state index in [0.29, 0.717) is 27.5 Å². The number of nitrogens with zero attached hydrogens (tertiary/aromatic N) is 3. The molecular weight excluding hydrogens is 493 g/mol. The number of rotatable bonds is 6. The summed E-state index contributed by atoms with van der Waals surface area (Å²) < 4.78 is 15.0. The predicted molar refractivity (Wildman–Crippen MR) is 146 cm³/mol. The van der Waals surface area contributed by atoms with Crippen LogP contribution in [0.5, 0.6) is 5.88 Å². The Morgan fingerprint density at radius 3 is 2.57 bits per heavy atom. The van der Waals surface area contributed by atoms with Gasteiger partial charge in [0, 0.05) is 48.2 Å². The van der Waals surface area contributed by atoms with Crippen LogP contribution in [0.2, 0.25) is 5.02 Å². The number of carbonyl (C=O) groups is 1. The molecule has 1 saturated heterocycles. The summed E-state index contributed by atoms with van der Waals surface area (Å²) in [5, 5.41) is 14.7. The molecule has 4 aromatic rings. The topological polar surface area (TPSA) is 84.0 Å². The molecule has 1 amide bonds. The van der Waals surface area contributed by atoms with Gasteiger partial charge in [-0.2, -0.15) is 0 Å². The van der Waals surface area contributed by atoms with Gasteiger partial charge in [0.15, 0.2) is 5.88 Å². The van der Waals surface area contributed by atoms with Crippen molar-refractivity contribution in [2.24, 2.45) is 4.99 Å². The standard InChI is InChI=1S/C28H27ClFN5O2/c1-34-11-13-35(14-12-34)17-25(36)32-23-10-8-20(16-22(23)30)31-27(18-5-3-2-4-6-18)26-21-9-7-19(29)15-24(21)33-28(26)37/h2-10,15-16,33,37H,11-14,17H2,1H3,(H,32,36). The van der Waals surface area contributed by atoms with E-state index in [4.69, 9.17) is 16.6 Å². The molecule has 0 atom stereocenters. The molecule has 0 saturated carbocycles. The second kappa shape index (κ2) is 10.7. The molecule has 0 unspecified atom stereocenters. The molecule has 2 heterocycles. The van der Waals surface area contributed by atoms with Crippen molar-refractivity contribution in [1.29, 1.82) is 0 Å². The van der Waals surface area contributed by atoms with Crippen LogP contribution in [0.15, 0.2) is 71.7 Å². The maximum atomic E-state index is 15.0. The molecule has 190 valence electrons. The van der Waals surface area contributed by atoms with Gasteiger partial charge < -0.3 is 20.3 Å². The number of carbonyl (C=O) groups excluding carboxylic acids is 1. The molecule has 9 heteroatoms. The lowest BCUT2D eigenvalue weighted by atomic mass is 10.0. The third-order valence-corrected chi connectivity index (χ3v) is 6.69. The lowest BCUT2D eigenvalue weighted by molar-refractivity contribution is -0.117. The molecule has 0 spiro atoms. The number of hydrogen-bond donors (Lipinski definition) is 3. The van der Waals surface area contributed by atoms with Crippen LogP contribution in [0.1, 0.15) is 11.1 Å². The summed E-state index contributed by atoms with van der Waals surface area (Å²) in [5.41, 5.74) is 2.81. The van der Waals surface area contributed by atoms with Crippen molar-refractivity contribution in [2.75, 3.05) is 45.1 Å². The zero-order valence-corrected chi connectivity index (χ0v) is 21.1. The predicted octanol–water partition coefficient (Wildman–Crippen LogP) is 5.02. The van der Waals surface area contributed by atoms with E-state index in [0.717, 1.165) is 37.1 Å². The Balaban J connectivity index is 1.44. The number of aromatic amines is 1. The van der Waals surface area contributed by atoms with E-state index in [2.05, 4.69) is 27.1 Å². The minimum atomic E-state index is -0.588. The minimum absolute atomic E-state index is 0.0619. The smallest absolute Gasteiger partial charge is 0.238 e. The van der Waals surface area contributed by atoms with Crippen molar-refractivity contribution in [3.05, 3.63) is 88.7 Å². The zero-order valence-electron chi connectivity index (χ0n) is 20.3. The van der Waals surface area contributed by atoms with E-state index in [9.17, 15) is 9.90 Å². The molecule has 37 heavy (non-hydrogen) atoms. The maximum absolute atomic E-state index is 15.0. The van der Waals surface area contributed by atoms with Crippen molar-refractivity contribution < 1.29 is 14.3 Å². The van der Waals surface area contributed by atoms with Gasteiger partial charge in [0.2, 0.25) is 5.91 Å². The highest BCUT2D eigenvalue weighted by atomic mass is 35.5. The first-order valence-corrected chi connectivity index (χ1v) is 12.4. The van der Waals surface area contributed by atoms with E-state index in [-0.39, 0.29) is 24.0 Å². The number of fused-ring (bicyclic) bond motifs is 1. The summed E-state index contributed by atoms with van der Waals surface area (Å²) in [6, 6.07) is 19.1. The van der Waals surface area contributed by atoms with Crippen molar-refractivity contribution in [1.82, 2.24) is 14.8 Å². The molecule has 7 nitrogen and oxygen atoms in total. The first-order valence-electron chi connectivity index (χ1n) is 12.0. The summed E-state index contributed by atoms with van der Waals surface area (Å²) in [6.07, 6.45) is 0. The zero-order chi connectivity index (χ0) is 25.9. The van der Waals surface area contributed by atoms with Crippen molar-refractivity contribution in [2.45, 2.75) is 0 Å². The second-order valence-corrected chi connectivity index (χ2v) is 9.59. The SMILES string of the molecule is CN1CCN(CC(=O)Nc2ccc(N=C(c3ccccc3)c3c(O)[nH]c4cc(Cl)ccc34)cc2F)CC1. The quantitative estimate of drug-likeness (QED) is 0.312. The highest BCUT2D eigenvalue weighted by Crippen LogP contribution is 2.33. The van der Waals surface area contributed by atoms with Crippen LogP contribution in [0, 0.1) is 5.82 Å². The van der Waals surface area contributed by atoms with E-state index in [1.165, 1.54) is 12.1 Å². The Morgan fingerprint density at radius 1 is 1.08 bits per heavy atom. The number of nitrogens with one attached hydrogen (secondary N) is 2. The summed E-state index contributed by atoms with van der Waals surface area (Å²) in [6.45, 7) is 3.62. The van der Waals surface area contributed by atoms with E-state index < -0.39 is 5.82 Å². The number of aromatic nitrogens is 1. The molecule has 3 aromatic carbocycles. The van der Waals surface area contributed by atoms with Crippen LogP contribution in [0.3, 0.4) is 0 Å². The Hall–Kier alpha value is -3.72. The third kappa shape index (κ3) is 5.67. The molecule has 1 aromatic heterocycles. The molecule has 5 rings (SSSR count). The van der Waals surface area contributed by atoms with Crippen LogP contribution in [-0.2, 0) is 4.79 Å². The molecule has 1 fully saturated rings. The van der Waals surface area contributed by atoms with Gasteiger partial charge in [0.25, 0.3) is 0 Å². The molecule has 0 radical (unpaired) electrons. The van der Waals surface area contributed by atoms with E-state index >= 15 is 4.39 Å². The van der Waals surface area contributed by atoms with Gasteiger partial charge in [0.1, 0.15) is 5.82 Å². The normalized spacial score (nSPS) is 15.3. The number of aliphatic imine (C=N–C) groups is 1. The average Bonchev–Trinajstić information content (AvgIpc) is 3.20. The number of amides is 1. The summed E-state index contributed by atoms with van der Waals surface area (Å²) in [4.78, 5) is 24.4. The van der Waals surface area contributed by atoms with Gasteiger partial charge in [-0.15, -0.1) is 0 Å². The first-order chi connectivity index (χ1) is 17.9. The second-order valence-electron chi connectivity index (χ2n) is 9.16. The molecule has 0 bridgehead atoms. The highest BCUT2D eigenvalue weighted by molar-refractivity contribution is 6.31. The van der Waals surface area contributed by atoms with Crippen molar-refractivity contribution in [3.8, 4) is 5.88 Å². The Morgan fingerprint density at radius 2 is 1.84 bits per heavy atom. The number of halogens is 2. The molecular formula is C28H27ClFN5O2. The first kappa shape index (κ1) is 25.0. The van der Waals surface area contributed by atoms with Gasteiger partial charge in [-0.25, -0.2) is 9.38 Å². The van der Waals surface area contributed by atoms with Gasteiger partial charge in [-0.3, -0.25) is 9.69 Å². The number of hydrogen-bond acceptors (Lipinski definition) is 5. The van der Waals surface area contributed by atoms with Gasteiger partial charge >= 0.3 is 0 Å². The lowest BCUT2D eigenvalue weighted by Crippen LogP contribution is -2.47. The van der Waals surface area contributed by atoms with Crippen molar-refractivity contribution >= 4 is 45.5 Å². The number of piperazine rings is 1. The average molecular weight is 520 g/mol.